The van der Waals surface area contributed by atoms with Crippen LogP contribution in [0.5, 0.6) is 0 Å². The van der Waals surface area contributed by atoms with E-state index in [1.165, 1.54) is 12.1 Å². The van der Waals surface area contributed by atoms with Gasteiger partial charge in [-0.25, -0.2) is 13.2 Å². The van der Waals surface area contributed by atoms with Crippen LogP contribution in [0.25, 0.3) is 0 Å². The van der Waals surface area contributed by atoms with Gasteiger partial charge in [-0.1, -0.05) is 30.3 Å². The zero-order valence-corrected chi connectivity index (χ0v) is 22.8. The fraction of sp³-hybridized carbons (Fsp3) is 0.346. The van der Waals surface area contributed by atoms with Gasteiger partial charge in [0.2, 0.25) is 34.0 Å². The second kappa shape index (κ2) is 14.7. The van der Waals surface area contributed by atoms with Gasteiger partial charge in [0.15, 0.2) is 0 Å². The quantitative estimate of drug-likeness (QED) is 0.0940. The third-order valence-electron chi connectivity index (χ3n) is 6.09. The molecule has 2 amide bonds. The highest BCUT2D eigenvalue weighted by molar-refractivity contribution is 7.89. The molecule has 2 aromatic rings. The molecule has 1 fully saturated rings. The van der Waals surface area contributed by atoms with E-state index in [9.17, 15) is 27.9 Å². The van der Waals surface area contributed by atoms with Crippen LogP contribution in [0.3, 0.4) is 0 Å². The molecule has 15 heteroatoms. The number of rotatable bonds is 13. The molecule has 1 saturated heterocycles. The molecule has 2 aromatic carbocycles. The number of amides is 2. The lowest BCUT2D eigenvalue weighted by molar-refractivity contribution is -0.142. The molecule has 1 heterocycles. The second-order valence-corrected chi connectivity index (χ2v) is 10.9. The van der Waals surface area contributed by atoms with Gasteiger partial charge in [-0.15, -0.1) is 4.99 Å². The number of aliphatic imine (C=N–C) groups is 1. The lowest BCUT2D eigenvalue weighted by Gasteiger charge is -2.23. The maximum Gasteiger partial charge on any atom is 0.326 e. The van der Waals surface area contributed by atoms with Crippen molar-refractivity contribution >= 4 is 39.5 Å². The largest absolute Gasteiger partial charge is 0.480 e. The van der Waals surface area contributed by atoms with Crippen LogP contribution in [0.1, 0.15) is 24.8 Å². The van der Waals surface area contributed by atoms with E-state index in [2.05, 4.69) is 20.9 Å². The van der Waals surface area contributed by atoms with Gasteiger partial charge >= 0.3 is 5.97 Å². The van der Waals surface area contributed by atoms with Crippen LogP contribution in [0.4, 0.5) is 5.69 Å². The molecule has 218 valence electrons. The Hall–Kier alpha value is -4.52. The Bertz CT molecular complexity index is 1390. The Morgan fingerprint density at radius 3 is 2.51 bits per heavy atom. The van der Waals surface area contributed by atoms with Crippen LogP contribution in [0, 0.1) is 11.5 Å². The number of guanidine groups is 1. The molecule has 6 N–H and O–H groups in total. The summed E-state index contributed by atoms with van der Waals surface area (Å²) in [4.78, 5) is 40.4. The maximum absolute atomic E-state index is 13.0. The summed E-state index contributed by atoms with van der Waals surface area (Å²) in [5.41, 5.74) is 6.53. The summed E-state index contributed by atoms with van der Waals surface area (Å²) in [5, 5.41) is 26.0. The lowest BCUT2D eigenvalue weighted by Crippen LogP contribution is -2.52. The van der Waals surface area contributed by atoms with Crippen LogP contribution < -0.4 is 21.7 Å². The number of aliphatic carboxylic acids is 1. The van der Waals surface area contributed by atoms with Crippen molar-refractivity contribution in [2.24, 2.45) is 10.7 Å². The number of benzene rings is 2. The van der Waals surface area contributed by atoms with Crippen molar-refractivity contribution in [2.75, 3.05) is 25.2 Å². The number of unbranched alkanes of at least 4 members (excludes halogenated alkanes) is 1. The molecule has 0 aliphatic carbocycles. The van der Waals surface area contributed by atoms with Crippen molar-refractivity contribution in [1.82, 2.24) is 14.9 Å². The number of sulfonamides is 1. The summed E-state index contributed by atoms with van der Waals surface area (Å²) in [5.74, 6) is -2.26. The van der Waals surface area contributed by atoms with E-state index < -0.39 is 34.0 Å². The standard InChI is InChI=1S/C26H31N7O7S/c27-16-30-26(28)29-13-5-4-8-23(34)31-19-11-9-18(10-12-19)14-21(25(36)37)32-24(35)22-15-40-17-33(22)41(38,39)20-6-2-1-3-7-20/h1-3,6-7,9-12,21-22H,4-5,8,13-15,17H2,(H,31,34)(H,32,35)(H,36,37)(H3,28,29,30)/t21-,22-/m0/s1. The molecule has 0 radical (unpaired) electrons. The monoisotopic (exact) mass is 585 g/mol. The van der Waals surface area contributed by atoms with Crippen LogP contribution >= 0.6 is 0 Å². The number of anilines is 1. The first-order valence-electron chi connectivity index (χ1n) is 12.6. The van der Waals surface area contributed by atoms with Crippen LogP contribution in [0.2, 0.25) is 0 Å². The smallest absolute Gasteiger partial charge is 0.326 e. The number of ether oxygens (including phenoxy) is 1. The van der Waals surface area contributed by atoms with Gasteiger partial charge in [0.25, 0.3) is 0 Å². The molecule has 1 aliphatic rings. The first-order chi connectivity index (χ1) is 19.6. The van der Waals surface area contributed by atoms with Crippen molar-refractivity contribution in [3.63, 3.8) is 0 Å². The third kappa shape index (κ3) is 9.00. The van der Waals surface area contributed by atoms with Crippen LogP contribution in [0.15, 0.2) is 64.5 Å². The van der Waals surface area contributed by atoms with E-state index in [0.29, 0.717) is 30.6 Å². The maximum atomic E-state index is 13.0. The number of hydrogen-bond donors (Lipinski definition) is 5. The molecule has 0 spiro atoms. The first-order valence-corrected chi connectivity index (χ1v) is 14.1. The van der Waals surface area contributed by atoms with Crippen LogP contribution in [-0.4, -0.2) is 73.5 Å². The summed E-state index contributed by atoms with van der Waals surface area (Å²) in [6, 6.07) is 11.5. The van der Waals surface area contributed by atoms with Gasteiger partial charge in [-0.05, 0) is 42.7 Å². The lowest BCUT2D eigenvalue weighted by atomic mass is 10.0. The fourth-order valence-electron chi connectivity index (χ4n) is 3.97. The molecule has 0 saturated carbocycles. The average Bonchev–Trinajstić information content (AvgIpc) is 3.45. The number of nitrogens with two attached hydrogens (primary N) is 1. The second-order valence-electron chi connectivity index (χ2n) is 9.05. The zero-order valence-electron chi connectivity index (χ0n) is 22.0. The minimum absolute atomic E-state index is 0.00514. The number of carboxylic acid groups (broad SMARTS) is 1. The molecule has 0 aromatic heterocycles. The highest BCUT2D eigenvalue weighted by Crippen LogP contribution is 2.22. The van der Waals surface area contributed by atoms with Crippen molar-refractivity contribution < 1.29 is 32.6 Å². The minimum Gasteiger partial charge on any atom is -0.480 e. The Labute approximate surface area is 237 Å². The van der Waals surface area contributed by atoms with E-state index in [1.54, 1.807) is 48.7 Å². The summed E-state index contributed by atoms with van der Waals surface area (Å²) < 4.78 is 32.1. The number of hydrogen-bond acceptors (Lipinski definition) is 8. The number of carboxylic acids is 1. The number of carbonyl (C=O) groups excluding carboxylic acids is 2. The summed E-state index contributed by atoms with van der Waals surface area (Å²) >= 11 is 0. The van der Waals surface area contributed by atoms with E-state index in [1.807, 2.05) is 0 Å². The molecule has 3 rings (SSSR count). The predicted octanol–water partition coefficient (Wildman–Crippen LogP) is 0.340. The Morgan fingerprint density at radius 1 is 1.15 bits per heavy atom. The summed E-state index contributed by atoms with van der Waals surface area (Å²) in [6.07, 6.45) is 2.97. The van der Waals surface area contributed by atoms with Gasteiger partial charge in [-0.2, -0.15) is 9.57 Å². The first kappa shape index (κ1) is 31.0. The number of nitrogens with one attached hydrogen (secondary N) is 3. The van der Waals surface area contributed by atoms with Crippen LogP contribution in [-0.2, 0) is 35.6 Å². The molecule has 14 nitrogen and oxygen atoms in total. The topological polar surface area (TPSA) is 216 Å². The molecule has 41 heavy (non-hydrogen) atoms. The van der Waals surface area contributed by atoms with Crippen molar-refractivity contribution in [3.8, 4) is 6.19 Å². The fourth-order valence-corrected chi connectivity index (χ4v) is 5.45. The van der Waals surface area contributed by atoms with Gasteiger partial charge in [0.1, 0.15) is 18.8 Å². The van der Waals surface area contributed by atoms with Gasteiger partial charge < -0.3 is 31.5 Å². The number of carbonyl (C=O) groups is 3. The van der Waals surface area contributed by atoms with E-state index >= 15 is 0 Å². The predicted molar refractivity (Wildman–Crippen MR) is 148 cm³/mol. The minimum atomic E-state index is -4.04. The normalized spacial score (nSPS) is 16.4. The zero-order chi connectivity index (χ0) is 29.8. The average molecular weight is 586 g/mol. The summed E-state index contributed by atoms with van der Waals surface area (Å²) in [6.45, 7) is -0.0729. The third-order valence-corrected chi connectivity index (χ3v) is 7.94. The Morgan fingerprint density at radius 2 is 1.85 bits per heavy atom. The Kier molecular flexibility index (Phi) is 11.2. The molecule has 0 unspecified atom stereocenters. The number of nitriles is 1. The SMILES string of the molecule is N#C/N=C(\N)NCCCCC(=O)Nc1ccc(C[C@H](NC(=O)[C@@H]2COCN2S(=O)(=O)c2ccccc2)C(=O)O)cc1. The molecule has 0 bridgehead atoms. The van der Waals surface area contributed by atoms with Crippen molar-refractivity contribution in [2.45, 2.75) is 42.7 Å². The Balaban J connectivity index is 1.52. The molecular formula is C26H31N7O7S. The molecule has 2 atom stereocenters. The molecular weight excluding hydrogens is 554 g/mol. The van der Waals surface area contributed by atoms with Crippen molar-refractivity contribution in [1.29, 1.82) is 5.26 Å². The van der Waals surface area contributed by atoms with Crippen molar-refractivity contribution in [3.05, 3.63) is 60.2 Å². The van der Waals surface area contributed by atoms with E-state index in [-0.39, 0.29) is 42.9 Å². The molecule has 1 aliphatic heterocycles. The van der Waals surface area contributed by atoms with Gasteiger partial charge in [-0.3, -0.25) is 9.59 Å². The van der Waals surface area contributed by atoms with Gasteiger partial charge in [0, 0.05) is 25.1 Å². The van der Waals surface area contributed by atoms with E-state index in [4.69, 9.17) is 15.7 Å². The summed E-state index contributed by atoms with van der Waals surface area (Å²) in [7, 11) is -4.04. The number of nitrogens with zero attached hydrogens (tertiary/aromatic N) is 3. The van der Waals surface area contributed by atoms with Gasteiger partial charge in [0.05, 0.1) is 11.5 Å². The highest BCUT2D eigenvalue weighted by atomic mass is 32.2. The van der Waals surface area contributed by atoms with E-state index in [0.717, 1.165) is 4.31 Å². The highest BCUT2D eigenvalue weighted by Gasteiger charge is 2.41.